The average Bonchev–Trinajstić information content (AvgIpc) is 3.75. The lowest BCUT2D eigenvalue weighted by atomic mass is 9.84. The molecule has 14 heteroatoms. The topological polar surface area (TPSA) is 199 Å². The van der Waals surface area contributed by atoms with Gasteiger partial charge in [-0.05, 0) is 61.9 Å². The van der Waals surface area contributed by atoms with Gasteiger partial charge in [-0.15, -0.1) is 5.10 Å². The van der Waals surface area contributed by atoms with Gasteiger partial charge >= 0.3 is 0 Å². The molecule has 6 rings (SSSR count). The number of amides is 4. The number of Topliss-reactive ketones (excluding diaryl/α,β-unsaturated/α-hetero) is 1. The maximum atomic E-state index is 14.9. The minimum absolute atomic E-state index is 0.0241. The van der Waals surface area contributed by atoms with E-state index in [0.29, 0.717) is 30.7 Å². The van der Waals surface area contributed by atoms with E-state index >= 15 is 0 Å². The second-order valence-electron chi connectivity index (χ2n) is 15.1. The van der Waals surface area contributed by atoms with Crippen LogP contribution in [0.4, 0.5) is 0 Å². The molecule has 1 aliphatic carbocycles. The number of nitrogens with one attached hydrogen (secondary N) is 2. The minimum Gasteiger partial charge on any atom is -0.384 e. The molecule has 14 nitrogen and oxygen atoms in total. The third-order valence-electron chi connectivity index (χ3n) is 10.9. The van der Waals surface area contributed by atoms with Crippen molar-refractivity contribution in [1.29, 1.82) is 0 Å². The molecule has 3 fully saturated rings. The third-order valence-corrected chi connectivity index (χ3v) is 10.9. The van der Waals surface area contributed by atoms with E-state index in [-0.39, 0.29) is 38.3 Å². The summed E-state index contributed by atoms with van der Waals surface area (Å²) in [7, 11) is 0. The number of ether oxygens (including phenoxy) is 1. The Labute approximate surface area is 302 Å². The summed E-state index contributed by atoms with van der Waals surface area (Å²) in [5, 5.41) is 26.9. The highest BCUT2D eigenvalue weighted by Crippen LogP contribution is 2.34. The van der Waals surface area contributed by atoms with E-state index in [2.05, 4.69) is 20.9 Å². The lowest BCUT2D eigenvalue weighted by molar-refractivity contribution is -0.145. The molecular weight excluding hydrogens is 666 g/mol. The SMILES string of the molecule is CC(C)(O)c1cnnn1[C@H]1C[C@@H](C(=O)N[C@@]2(C(=O)C(N)=O)CCCOCC2)N(C(=O)[C@@H](CC2CCCCC2)NC(=O)c2ccc3ccccc3c2)C1. The smallest absolute Gasteiger partial charge is 0.287 e. The van der Waals surface area contributed by atoms with Crippen LogP contribution in [0.2, 0.25) is 0 Å². The van der Waals surface area contributed by atoms with Crippen molar-refractivity contribution in [3.8, 4) is 0 Å². The lowest BCUT2D eigenvalue weighted by Crippen LogP contribution is -2.62. The van der Waals surface area contributed by atoms with Gasteiger partial charge in [0.1, 0.15) is 23.2 Å². The number of primary amides is 1. The molecule has 1 aromatic heterocycles. The summed E-state index contributed by atoms with van der Waals surface area (Å²) in [6, 6.07) is 10.5. The summed E-state index contributed by atoms with van der Waals surface area (Å²) in [5.41, 5.74) is 3.37. The molecule has 3 aromatic rings. The van der Waals surface area contributed by atoms with Crippen LogP contribution in [-0.4, -0.2) is 91.8 Å². The van der Waals surface area contributed by atoms with Crippen molar-refractivity contribution >= 4 is 40.2 Å². The largest absolute Gasteiger partial charge is 0.384 e. The molecule has 3 aliphatic rings. The van der Waals surface area contributed by atoms with Crippen LogP contribution in [0.3, 0.4) is 0 Å². The number of nitrogens with zero attached hydrogens (tertiary/aromatic N) is 4. The van der Waals surface area contributed by atoms with Crippen LogP contribution in [-0.2, 0) is 29.5 Å². The van der Waals surface area contributed by atoms with Gasteiger partial charge in [0.15, 0.2) is 0 Å². The molecule has 0 spiro atoms. The number of aromatic nitrogens is 3. The van der Waals surface area contributed by atoms with Gasteiger partial charge in [-0.2, -0.15) is 0 Å². The van der Waals surface area contributed by atoms with Gasteiger partial charge < -0.3 is 31.1 Å². The van der Waals surface area contributed by atoms with E-state index < -0.39 is 58.7 Å². The molecule has 0 radical (unpaired) electrons. The predicted molar refractivity (Wildman–Crippen MR) is 191 cm³/mol. The van der Waals surface area contributed by atoms with Crippen LogP contribution < -0.4 is 16.4 Å². The van der Waals surface area contributed by atoms with Gasteiger partial charge in [-0.1, -0.05) is 67.6 Å². The fourth-order valence-corrected chi connectivity index (χ4v) is 8.10. The van der Waals surface area contributed by atoms with Gasteiger partial charge in [-0.3, -0.25) is 24.0 Å². The molecule has 3 heterocycles. The Balaban J connectivity index is 1.34. The molecule has 278 valence electrons. The van der Waals surface area contributed by atoms with Crippen LogP contribution >= 0.6 is 0 Å². The van der Waals surface area contributed by atoms with E-state index in [1.54, 1.807) is 26.0 Å². The van der Waals surface area contributed by atoms with Crippen LogP contribution in [0.25, 0.3) is 10.8 Å². The van der Waals surface area contributed by atoms with E-state index in [1.165, 1.54) is 15.8 Å². The minimum atomic E-state index is -1.59. The Kier molecular flexibility index (Phi) is 11.1. The fourth-order valence-electron chi connectivity index (χ4n) is 8.10. The average molecular weight is 716 g/mol. The van der Waals surface area contributed by atoms with Crippen molar-refractivity contribution in [2.75, 3.05) is 19.8 Å². The summed E-state index contributed by atoms with van der Waals surface area (Å²) < 4.78 is 7.08. The molecule has 4 amide bonds. The van der Waals surface area contributed by atoms with Crippen molar-refractivity contribution in [3.05, 3.63) is 59.9 Å². The molecule has 5 N–H and O–H groups in total. The highest BCUT2D eigenvalue weighted by Gasteiger charge is 2.49. The van der Waals surface area contributed by atoms with Crippen LogP contribution in [0.5, 0.6) is 0 Å². The molecule has 52 heavy (non-hydrogen) atoms. The molecule has 0 bridgehead atoms. The summed E-state index contributed by atoms with van der Waals surface area (Å²) in [4.78, 5) is 70.1. The second kappa shape index (κ2) is 15.5. The molecular formula is C38H49N7O7. The number of hydrogen-bond donors (Lipinski definition) is 4. The van der Waals surface area contributed by atoms with Crippen LogP contribution in [0.1, 0.15) is 100 Å². The zero-order chi connectivity index (χ0) is 37.0. The second-order valence-corrected chi connectivity index (χ2v) is 15.1. The van der Waals surface area contributed by atoms with Crippen molar-refractivity contribution in [3.63, 3.8) is 0 Å². The first kappa shape index (κ1) is 37.1. The molecule has 1 saturated carbocycles. The molecule has 2 aromatic carbocycles. The number of benzene rings is 2. The number of hydrogen-bond acceptors (Lipinski definition) is 9. The first-order chi connectivity index (χ1) is 24.9. The standard InChI is InChI=1S/C38H49N7O7/c1-37(2,51)31-22-40-43-45(31)28-21-30(35(49)42-38(32(46)33(39)47)15-8-17-52-18-16-38)44(23-28)36(50)29(19-24-9-4-3-5-10-24)41-34(48)27-14-13-25-11-6-7-12-26(25)20-27/h6-7,11-14,20,22,24,28-30,51H,3-5,8-10,15-19,21,23H2,1-2H3,(H2,39,47)(H,41,48)(H,42,49)/t28-,29+,30-,38-/m0/s1. The number of rotatable bonds is 11. The Hall–Kier alpha value is -4.69. The van der Waals surface area contributed by atoms with Crippen molar-refractivity contribution < 1.29 is 33.8 Å². The number of fused-ring (bicyclic) bond motifs is 1. The number of likely N-dealkylation sites (tertiary alicyclic amines) is 1. The molecule has 2 saturated heterocycles. The number of aliphatic hydroxyl groups is 1. The van der Waals surface area contributed by atoms with Gasteiger partial charge in [0.05, 0.1) is 17.9 Å². The van der Waals surface area contributed by atoms with Crippen LogP contribution in [0, 0.1) is 5.92 Å². The monoisotopic (exact) mass is 715 g/mol. The molecule has 4 atom stereocenters. The number of ketones is 1. The lowest BCUT2D eigenvalue weighted by Gasteiger charge is -2.35. The number of carbonyl (C=O) groups is 5. The Bertz CT molecular complexity index is 1800. The van der Waals surface area contributed by atoms with E-state index in [1.807, 2.05) is 30.3 Å². The number of nitrogens with two attached hydrogens (primary N) is 1. The summed E-state index contributed by atoms with van der Waals surface area (Å²) in [6.45, 7) is 3.70. The predicted octanol–water partition coefficient (Wildman–Crippen LogP) is 2.68. The fraction of sp³-hybridized carbons (Fsp3) is 0.553. The highest BCUT2D eigenvalue weighted by atomic mass is 16.5. The van der Waals surface area contributed by atoms with E-state index in [9.17, 15) is 29.1 Å². The van der Waals surface area contributed by atoms with Crippen molar-refractivity contribution in [2.24, 2.45) is 11.7 Å². The first-order valence-electron chi connectivity index (χ1n) is 18.3. The van der Waals surface area contributed by atoms with Gasteiger partial charge in [0.25, 0.3) is 11.8 Å². The zero-order valence-electron chi connectivity index (χ0n) is 29.9. The van der Waals surface area contributed by atoms with Gasteiger partial charge in [0, 0.05) is 38.2 Å². The van der Waals surface area contributed by atoms with E-state index in [0.717, 1.165) is 42.9 Å². The summed E-state index contributed by atoms with van der Waals surface area (Å²) in [6.07, 6.45) is 7.56. The Morgan fingerprint density at radius 2 is 1.77 bits per heavy atom. The van der Waals surface area contributed by atoms with Gasteiger partial charge in [-0.25, -0.2) is 4.68 Å². The van der Waals surface area contributed by atoms with Gasteiger partial charge in [0.2, 0.25) is 17.6 Å². The number of carbonyl (C=O) groups excluding carboxylic acids is 5. The molecule has 2 aliphatic heterocycles. The Morgan fingerprint density at radius 1 is 1.02 bits per heavy atom. The maximum Gasteiger partial charge on any atom is 0.287 e. The summed E-state index contributed by atoms with van der Waals surface area (Å²) in [5.74, 6) is -3.36. The van der Waals surface area contributed by atoms with E-state index in [4.69, 9.17) is 10.5 Å². The van der Waals surface area contributed by atoms with Crippen molar-refractivity contribution in [2.45, 2.75) is 107 Å². The molecule has 0 unspecified atom stereocenters. The van der Waals surface area contributed by atoms with Crippen LogP contribution in [0.15, 0.2) is 48.7 Å². The summed E-state index contributed by atoms with van der Waals surface area (Å²) >= 11 is 0. The maximum absolute atomic E-state index is 14.9. The Morgan fingerprint density at radius 3 is 2.50 bits per heavy atom. The quantitative estimate of drug-likeness (QED) is 0.216. The third kappa shape index (κ3) is 8.02. The first-order valence-corrected chi connectivity index (χ1v) is 18.3. The normalized spacial score (nSPS) is 23.5. The van der Waals surface area contributed by atoms with Crippen molar-refractivity contribution in [1.82, 2.24) is 30.5 Å². The highest BCUT2D eigenvalue weighted by molar-refractivity contribution is 6.39. The zero-order valence-corrected chi connectivity index (χ0v) is 29.9.